The van der Waals surface area contributed by atoms with Gasteiger partial charge in [-0.25, -0.2) is 0 Å². The maximum Gasteiger partial charge on any atom is 0.119 e. The smallest absolute Gasteiger partial charge is 0.119 e. The monoisotopic (exact) mass is 293 g/mol. The molecule has 1 heterocycles. The normalized spacial score (nSPS) is 22.1. The summed E-state index contributed by atoms with van der Waals surface area (Å²) in [6.07, 6.45) is 5.01. The molecule has 3 heteroatoms. The third kappa shape index (κ3) is 5.02. The predicted molar refractivity (Wildman–Crippen MR) is 88.6 cm³/mol. The zero-order valence-corrected chi connectivity index (χ0v) is 13.6. The molecular weight excluding hydrogens is 266 g/mol. The summed E-state index contributed by atoms with van der Waals surface area (Å²) in [7, 11) is 0. The van der Waals surface area contributed by atoms with E-state index in [4.69, 9.17) is 4.74 Å². The Morgan fingerprint density at radius 1 is 1.30 bits per heavy atom. The molecule has 20 heavy (non-hydrogen) atoms. The van der Waals surface area contributed by atoms with Crippen LogP contribution >= 0.6 is 11.8 Å². The SMILES string of the molecule is CCCCOc1ccc(CNCC2(C)CCCS2)cc1. The molecular formula is C17H27NOS. The van der Waals surface area contributed by atoms with Crippen LogP contribution in [-0.2, 0) is 6.54 Å². The van der Waals surface area contributed by atoms with Crippen LogP contribution < -0.4 is 10.1 Å². The van der Waals surface area contributed by atoms with Gasteiger partial charge >= 0.3 is 0 Å². The highest BCUT2D eigenvalue weighted by atomic mass is 32.2. The van der Waals surface area contributed by atoms with Crippen molar-refractivity contribution in [2.75, 3.05) is 18.9 Å². The Kier molecular flexibility index (Phi) is 6.24. The van der Waals surface area contributed by atoms with Crippen LogP contribution in [0.4, 0.5) is 0 Å². The van der Waals surface area contributed by atoms with Crippen molar-refractivity contribution in [3.63, 3.8) is 0 Å². The third-order valence-corrected chi connectivity index (χ3v) is 5.36. The molecule has 1 fully saturated rings. The van der Waals surface area contributed by atoms with Gasteiger partial charge in [0.2, 0.25) is 0 Å². The van der Waals surface area contributed by atoms with E-state index < -0.39 is 0 Å². The van der Waals surface area contributed by atoms with Crippen molar-refractivity contribution in [1.82, 2.24) is 5.32 Å². The van der Waals surface area contributed by atoms with Gasteiger partial charge in [-0.1, -0.05) is 25.5 Å². The van der Waals surface area contributed by atoms with Crippen LogP contribution in [0.1, 0.15) is 45.1 Å². The van der Waals surface area contributed by atoms with Crippen molar-refractivity contribution in [3.05, 3.63) is 29.8 Å². The van der Waals surface area contributed by atoms with Gasteiger partial charge in [0.1, 0.15) is 5.75 Å². The molecule has 0 amide bonds. The van der Waals surface area contributed by atoms with Gasteiger partial charge in [-0.15, -0.1) is 0 Å². The van der Waals surface area contributed by atoms with Gasteiger partial charge in [0, 0.05) is 17.8 Å². The minimum absolute atomic E-state index is 0.448. The minimum Gasteiger partial charge on any atom is -0.494 e. The maximum absolute atomic E-state index is 5.68. The van der Waals surface area contributed by atoms with Crippen molar-refractivity contribution in [2.24, 2.45) is 0 Å². The number of ether oxygens (including phenoxy) is 1. The number of unbranched alkanes of at least 4 members (excludes halogenated alkanes) is 1. The molecule has 1 aromatic rings. The molecule has 1 atom stereocenters. The fourth-order valence-electron chi connectivity index (χ4n) is 2.49. The first-order valence-electron chi connectivity index (χ1n) is 7.78. The summed E-state index contributed by atoms with van der Waals surface area (Å²) in [6, 6.07) is 8.49. The van der Waals surface area contributed by atoms with Crippen molar-refractivity contribution in [1.29, 1.82) is 0 Å². The standard InChI is InChI=1S/C17H27NOS/c1-3-4-11-19-16-8-6-15(7-9-16)13-18-14-17(2)10-5-12-20-17/h6-9,18H,3-5,10-14H2,1-2H3. The number of hydrogen-bond donors (Lipinski definition) is 1. The van der Waals surface area contributed by atoms with Crippen LogP contribution in [0, 0.1) is 0 Å². The highest BCUT2D eigenvalue weighted by Crippen LogP contribution is 2.36. The highest BCUT2D eigenvalue weighted by molar-refractivity contribution is 8.00. The zero-order chi connectivity index (χ0) is 14.3. The molecule has 112 valence electrons. The van der Waals surface area contributed by atoms with E-state index in [2.05, 4.69) is 55.2 Å². The van der Waals surface area contributed by atoms with E-state index in [1.165, 1.54) is 30.6 Å². The summed E-state index contributed by atoms with van der Waals surface area (Å²) in [5.74, 6) is 2.31. The fourth-order valence-corrected chi connectivity index (χ4v) is 3.76. The minimum atomic E-state index is 0.448. The summed E-state index contributed by atoms with van der Waals surface area (Å²) >= 11 is 2.11. The fraction of sp³-hybridized carbons (Fsp3) is 0.647. The second kappa shape index (κ2) is 7.94. The summed E-state index contributed by atoms with van der Waals surface area (Å²) in [6.45, 7) is 7.44. The Hall–Kier alpha value is -0.670. The second-order valence-corrected chi connectivity index (χ2v) is 7.53. The van der Waals surface area contributed by atoms with E-state index in [-0.39, 0.29) is 0 Å². The van der Waals surface area contributed by atoms with Gasteiger partial charge in [-0.3, -0.25) is 0 Å². The lowest BCUT2D eigenvalue weighted by Crippen LogP contribution is -2.32. The Labute approximate surface area is 127 Å². The van der Waals surface area contributed by atoms with Crippen LogP contribution in [0.25, 0.3) is 0 Å². The molecule has 1 unspecified atom stereocenters. The summed E-state index contributed by atoms with van der Waals surface area (Å²) in [5.41, 5.74) is 1.33. The Balaban J connectivity index is 1.70. The Morgan fingerprint density at radius 3 is 2.75 bits per heavy atom. The second-order valence-electron chi connectivity index (χ2n) is 5.85. The molecule has 0 radical (unpaired) electrons. The lowest BCUT2D eigenvalue weighted by molar-refractivity contribution is 0.309. The lowest BCUT2D eigenvalue weighted by atomic mass is 10.1. The predicted octanol–water partition coefficient (Wildman–Crippen LogP) is 4.24. The van der Waals surface area contributed by atoms with E-state index in [0.717, 1.165) is 31.9 Å². The summed E-state index contributed by atoms with van der Waals surface area (Å²) < 4.78 is 6.13. The van der Waals surface area contributed by atoms with E-state index >= 15 is 0 Å². The van der Waals surface area contributed by atoms with Gasteiger partial charge in [0.25, 0.3) is 0 Å². The molecule has 0 spiro atoms. The molecule has 0 saturated carbocycles. The number of hydrogen-bond acceptors (Lipinski definition) is 3. The highest BCUT2D eigenvalue weighted by Gasteiger charge is 2.28. The quantitative estimate of drug-likeness (QED) is 0.724. The molecule has 1 saturated heterocycles. The van der Waals surface area contributed by atoms with Crippen LogP contribution in [0.5, 0.6) is 5.75 Å². The molecule has 0 bridgehead atoms. The Bertz CT molecular complexity index is 384. The topological polar surface area (TPSA) is 21.3 Å². The number of thioether (sulfide) groups is 1. The molecule has 0 aliphatic carbocycles. The number of benzene rings is 1. The molecule has 1 N–H and O–H groups in total. The van der Waals surface area contributed by atoms with Crippen molar-refractivity contribution >= 4 is 11.8 Å². The van der Waals surface area contributed by atoms with Crippen LogP contribution in [0.3, 0.4) is 0 Å². The van der Waals surface area contributed by atoms with Crippen LogP contribution in [-0.4, -0.2) is 23.7 Å². The summed E-state index contributed by atoms with van der Waals surface area (Å²) in [4.78, 5) is 0. The molecule has 1 aliphatic heterocycles. The maximum atomic E-state index is 5.68. The van der Waals surface area contributed by atoms with Crippen molar-refractivity contribution in [2.45, 2.75) is 50.8 Å². The third-order valence-electron chi connectivity index (χ3n) is 3.82. The molecule has 2 nitrogen and oxygen atoms in total. The molecule has 0 aromatic heterocycles. The largest absolute Gasteiger partial charge is 0.494 e. The average molecular weight is 293 g/mol. The number of nitrogens with one attached hydrogen (secondary N) is 1. The Morgan fingerprint density at radius 2 is 2.10 bits per heavy atom. The molecule has 1 aliphatic rings. The van der Waals surface area contributed by atoms with Crippen LogP contribution in [0.2, 0.25) is 0 Å². The molecule has 2 rings (SSSR count). The van der Waals surface area contributed by atoms with E-state index in [1.54, 1.807) is 0 Å². The van der Waals surface area contributed by atoms with Gasteiger partial charge in [0.05, 0.1) is 6.61 Å². The van der Waals surface area contributed by atoms with Gasteiger partial charge in [0.15, 0.2) is 0 Å². The van der Waals surface area contributed by atoms with Crippen LogP contribution in [0.15, 0.2) is 24.3 Å². The van der Waals surface area contributed by atoms with Crippen molar-refractivity contribution < 1.29 is 4.74 Å². The van der Waals surface area contributed by atoms with Crippen molar-refractivity contribution in [3.8, 4) is 5.75 Å². The zero-order valence-electron chi connectivity index (χ0n) is 12.8. The van der Waals surface area contributed by atoms with Gasteiger partial charge in [-0.2, -0.15) is 11.8 Å². The van der Waals surface area contributed by atoms with Gasteiger partial charge in [-0.05, 0) is 49.6 Å². The number of rotatable bonds is 8. The first kappa shape index (κ1) is 15.7. The first-order chi connectivity index (χ1) is 9.72. The van der Waals surface area contributed by atoms with Gasteiger partial charge < -0.3 is 10.1 Å². The first-order valence-corrected chi connectivity index (χ1v) is 8.77. The van der Waals surface area contributed by atoms with E-state index in [0.29, 0.717) is 4.75 Å². The molecule has 1 aromatic carbocycles. The van der Waals surface area contributed by atoms with E-state index in [9.17, 15) is 0 Å². The average Bonchev–Trinajstić information content (AvgIpc) is 2.88. The van der Waals surface area contributed by atoms with E-state index in [1.807, 2.05) is 0 Å². The lowest BCUT2D eigenvalue weighted by Gasteiger charge is -2.23. The summed E-state index contributed by atoms with van der Waals surface area (Å²) in [5, 5.41) is 3.59.